The fraction of sp³-hybridized carbons (Fsp3) is 0.0714. The molecule has 0 amide bonds. The van der Waals surface area contributed by atoms with E-state index in [2.05, 4.69) is 26.2 Å². The predicted octanol–water partition coefficient (Wildman–Crippen LogP) is 3.52. The van der Waals surface area contributed by atoms with Crippen LogP contribution in [0.3, 0.4) is 0 Å². The average molecular weight is 322 g/mol. The summed E-state index contributed by atoms with van der Waals surface area (Å²) in [4.78, 5) is 4.17. The van der Waals surface area contributed by atoms with Crippen LogP contribution in [-0.4, -0.2) is 5.96 Å². The molecular weight excluding hydrogens is 309 g/mol. The highest BCUT2D eigenvalue weighted by Crippen LogP contribution is 2.24. The SMILES string of the molecule is NC(=NCc1ccccc1)Nc1c(F)cccc1Br. The van der Waals surface area contributed by atoms with Crippen LogP contribution in [0.25, 0.3) is 0 Å². The molecule has 19 heavy (non-hydrogen) atoms. The summed E-state index contributed by atoms with van der Waals surface area (Å²) < 4.78 is 14.2. The molecule has 0 spiro atoms. The Morgan fingerprint density at radius 3 is 2.58 bits per heavy atom. The maximum absolute atomic E-state index is 13.6. The lowest BCUT2D eigenvalue weighted by molar-refractivity contribution is 0.631. The molecule has 0 saturated heterocycles. The highest BCUT2D eigenvalue weighted by Gasteiger charge is 2.06. The largest absolute Gasteiger partial charge is 0.370 e. The quantitative estimate of drug-likeness (QED) is 0.671. The lowest BCUT2D eigenvalue weighted by Crippen LogP contribution is -2.23. The van der Waals surface area contributed by atoms with Gasteiger partial charge >= 0.3 is 0 Å². The van der Waals surface area contributed by atoms with Crippen LogP contribution in [0.1, 0.15) is 5.56 Å². The van der Waals surface area contributed by atoms with E-state index in [1.807, 2.05) is 30.3 Å². The van der Waals surface area contributed by atoms with E-state index in [1.54, 1.807) is 12.1 Å². The number of guanidine groups is 1. The second-order valence-corrected chi connectivity index (χ2v) is 4.76. The van der Waals surface area contributed by atoms with E-state index in [1.165, 1.54) is 6.07 Å². The van der Waals surface area contributed by atoms with Crippen LogP contribution in [0.4, 0.5) is 10.1 Å². The van der Waals surface area contributed by atoms with Gasteiger partial charge in [0.2, 0.25) is 0 Å². The number of nitrogens with one attached hydrogen (secondary N) is 1. The number of aliphatic imine (C=N–C) groups is 1. The molecule has 3 N–H and O–H groups in total. The minimum absolute atomic E-state index is 0.176. The van der Waals surface area contributed by atoms with Crippen LogP contribution in [0.15, 0.2) is 58.0 Å². The summed E-state index contributed by atoms with van der Waals surface area (Å²) in [5, 5.41) is 2.75. The van der Waals surface area contributed by atoms with Gasteiger partial charge in [0.05, 0.1) is 12.2 Å². The molecule has 0 atom stereocenters. The van der Waals surface area contributed by atoms with E-state index in [0.29, 0.717) is 11.0 Å². The van der Waals surface area contributed by atoms with Crippen molar-refractivity contribution in [2.75, 3.05) is 5.32 Å². The minimum Gasteiger partial charge on any atom is -0.370 e. The number of hydrogen-bond acceptors (Lipinski definition) is 1. The van der Waals surface area contributed by atoms with Gasteiger partial charge in [0.25, 0.3) is 0 Å². The Hall–Kier alpha value is -1.88. The van der Waals surface area contributed by atoms with Crippen LogP contribution < -0.4 is 11.1 Å². The lowest BCUT2D eigenvalue weighted by Gasteiger charge is -2.08. The Labute approximate surface area is 119 Å². The second kappa shape index (κ2) is 6.33. The van der Waals surface area contributed by atoms with Crippen molar-refractivity contribution in [3.63, 3.8) is 0 Å². The molecule has 5 heteroatoms. The zero-order valence-corrected chi connectivity index (χ0v) is 11.7. The van der Waals surface area contributed by atoms with Gasteiger partial charge in [0.15, 0.2) is 5.96 Å². The lowest BCUT2D eigenvalue weighted by atomic mass is 10.2. The topological polar surface area (TPSA) is 50.4 Å². The molecule has 0 unspecified atom stereocenters. The van der Waals surface area contributed by atoms with Crippen molar-refractivity contribution in [3.8, 4) is 0 Å². The van der Waals surface area contributed by atoms with Gasteiger partial charge in [-0.2, -0.15) is 0 Å². The number of nitrogens with zero attached hydrogens (tertiary/aromatic N) is 1. The van der Waals surface area contributed by atoms with Crippen LogP contribution >= 0.6 is 15.9 Å². The first-order valence-corrected chi connectivity index (χ1v) is 6.51. The first-order chi connectivity index (χ1) is 9.16. The third-order valence-corrected chi connectivity index (χ3v) is 3.15. The summed E-state index contributed by atoms with van der Waals surface area (Å²) in [6.07, 6.45) is 0. The molecule has 0 radical (unpaired) electrons. The Morgan fingerprint density at radius 1 is 1.16 bits per heavy atom. The van der Waals surface area contributed by atoms with Gasteiger partial charge in [0.1, 0.15) is 5.82 Å². The summed E-state index contributed by atoms with van der Waals surface area (Å²) in [5.74, 6) is -0.207. The number of rotatable bonds is 3. The maximum atomic E-state index is 13.6. The molecule has 0 aromatic heterocycles. The normalized spacial score (nSPS) is 11.4. The molecule has 2 aromatic carbocycles. The number of anilines is 1. The maximum Gasteiger partial charge on any atom is 0.193 e. The molecule has 98 valence electrons. The van der Waals surface area contributed by atoms with Crippen molar-refractivity contribution in [1.29, 1.82) is 0 Å². The molecule has 0 bridgehead atoms. The zero-order valence-electron chi connectivity index (χ0n) is 10.1. The summed E-state index contributed by atoms with van der Waals surface area (Å²) in [6, 6.07) is 14.4. The third-order valence-electron chi connectivity index (χ3n) is 2.49. The van der Waals surface area contributed by atoms with Crippen molar-refractivity contribution in [1.82, 2.24) is 0 Å². The van der Waals surface area contributed by atoms with Crippen LogP contribution in [0.5, 0.6) is 0 Å². The number of halogens is 2. The van der Waals surface area contributed by atoms with Gasteiger partial charge in [-0.25, -0.2) is 9.38 Å². The van der Waals surface area contributed by atoms with E-state index in [4.69, 9.17) is 5.73 Å². The van der Waals surface area contributed by atoms with Gasteiger partial charge in [-0.3, -0.25) is 0 Å². The summed E-state index contributed by atoms with van der Waals surface area (Å²) >= 11 is 3.26. The molecule has 0 aliphatic carbocycles. The number of hydrogen-bond donors (Lipinski definition) is 2. The number of para-hydroxylation sites is 1. The standard InChI is InChI=1S/C14H13BrFN3/c15-11-7-4-8-12(16)13(11)19-14(17)18-9-10-5-2-1-3-6-10/h1-8H,9H2,(H3,17,18,19). The fourth-order valence-electron chi connectivity index (χ4n) is 1.54. The highest BCUT2D eigenvalue weighted by molar-refractivity contribution is 9.10. The molecule has 0 fully saturated rings. The molecule has 0 aliphatic heterocycles. The first-order valence-electron chi connectivity index (χ1n) is 5.71. The Kier molecular flexibility index (Phi) is 4.52. The molecule has 0 saturated carbocycles. The Bertz CT molecular complexity index is 564. The fourth-order valence-corrected chi connectivity index (χ4v) is 1.99. The van der Waals surface area contributed by atoms with Gasteiger partial charge in [-0.15, -0.1) is 0 Å². The van der Waals surface area contributed by atoms with Crippen molar-refractivity contribution in [2.45, 2.75) is 6.54 Å². The summed E-state index contributed by atoms with van der Waals surface area (Å²) in [7, 11) is 0. The van der Waals surface area contributed by atoms with E-state index in [9.17, 15) is 4.39 Å². The molecule has 3 nitrogen and oxygen atoms in total. The Morgan fingerprint density at radius 2 is 1.89 bits per heavy atom. The van der Waals surface area contributed by atoms with Crippen molar-refractivity contribution in [2.24, 2.45) is 10.7 Å². The monoisotopic (exact) mass is 321 g/mol. The summed E-state index contributed by atoms with van der Waals surface area (Å²) in [6.45, 7) is 0.450. The first kappa shape index (κ1) is 13.5. The molecule has 2 rings (SSSR count). The Balaban J connectivity index is 2.07. The number of nitrogens with two attached hydrogens (primary N) is 1. The van der Waals surface area contributed by atoms with Gasteiger partial charge in [-0.05, 0) is 33.6 Å². The average Bonchev–Trinajstić information content (AvgIpc) is 2.42. The van der Waals surface area contributed by atoms with E-state index in [0.717, 1.165) is 5.56 Å². The van der Waals surface area contributed by atoms with Crippen molar-refractivity contribution in [3.05, 3.63) is 64.4 Å². The number of benzene rings is 2. The molecular formula is C14H13BrFN3. The van der Waals surface area contributed by atoms with Crippen molar-refractivity contribution >= 4 is 27.6 Å². The molecule has 0 heterocycles. The zero-order chi connectivity index (χ0) is 13.7. The van der Waals surface area contributed by atoms with Gasteiger partial charge < -0.3 is 11.1 Å². The predicted molar refractivity (Wildman–Crippen MR) is 79.5 cm³/mol. The van der Waals surface area contributed by atoms with E-state index >= 15 is 0 Å². The highest BCUT2D eigenvalue weighted by atomic mass is 79.9. The summed E-state index contributed by atoms with van der Waals surface area (Å²) in [5.41, 5.74) is 7.07. The third kappa shape index (κ3) is 3.79. The molecule has 2 aromatic rings. The van der Waals surface area contributed by atoms with Gasteiger partial charge in [0, 0.05) is 4.47 Å². The van der Waals surface area contributed by atoms with E-state index < -0.39 is 0 Å². The van der Waals surface area contributed by atoms with Crippen LogP contribution in [0.2, 0.25) is 0 Å². The van der Waals surface area contributed by atoms with Gasteiger partial charge in [-0.1, -0.05) is 36.4 Å². The van der Waals surface area contributed by atoms with Crippen LogP contribution in [-0.2, 0) is 6.54 Å². The minimum atomic E-state index is -0.382. The molecule has 0 aliphatic rings. The smallest absolute Gasteiger partial charge is 0.193 e. The van der Waals surface area contributed by atoms with Crippen LogP contribution in [0, 0.1) is 5.82 Å². The van der Waals surface area contributed by atoms with E-state index in [-0.39, 0.29) is 17.5 Å². The van der Waals surface area contributed by atoms with Crippen molar-refractivity contribution < 1.29 is 4.39 Å². The second-order valence-electron chi connectivity index (χ2n) is 3.91.